The topological polar surface area (TPSA) is 21.3 Å². The van der Waals surface area contributed by atoms with Crippen molar-refractivity contribution >= 4 is 18.5 Å². The van der Waals surface area contributed by atoms with Crippen LogP contribution in [-0.2, 0) is 4.74 Å². The highest BCUT2D eigenvalue weighted by atomic mass is 31.1. The van der Waals surface area contributed by atoms with Gasteiger partial charge < -0.3 is 4.74 Å². The Morgan fingerprint density at radius 1 is 0.793 bits per heavy atom. The van der Waals surface area contributed by atoms with Crippen molar-refractivity contribution in [2.45, 2.75) is 6.04 Å². The van der Waals surface area contributed by atoms with E-state index in [9.17, 15) is 0 Å². The lowest BCUT2D eigenvalue weighted by atomic mass is 10.1. The molecule has 1 N–H and O–H groups in total. The van der Waals surface area contributed by atoms with Crippen molar-refractivity contribution in [1.29, 1.82) is 0 Å². The van der Waals surface area contributed by atoms with E-state index in [0.29, 0.717) is 6.61 Å². The minimum absolute atomic E-state index is 0.169. The van der Waals surface area contributed by atoms with Crippen molar-refractivity contribution in [3.05, 3.63) is 132 Å². The van der Waals surface area contributed by atoms with Crippen LogP contribution in [0.2, 0.25) is 0 Å². The van der Waals surface area contributed by atoms with Crippen LogP contribution >= 0.6 is 7.92 Å². The monoisotopic (exact) mass is 394 g/mol. The van der Waals surface area contributed by atoms with Gasteiger partial charge in [0.25, 0.3) is 0 Å². The summed E-state index contributed by atoms with van der Waals surface area (Å²) in [6.45, 7) is 0.631. The Hall–Kier alpha value is -2.73. The van der Waals surface area contributed by atoms with E-state index in [4.69, 9.17) is 4.74 Å². The Balaban J connectivity index is 1.45. The molecule has 1 saturated heterocycles. The van der Waals surface area contributed by atoms with Crippen molar-refractivity contribution in [2.24, 2.45) is 0 Å². The molecule has 1 atom stereocenters. The van der Waals surface area contributed by atoms with E-state index in [-0.39, 0.29) is 6.04 Å². The number of rotatable bonds is 5. The van der Waals surface area contributed by atoms with Crippen LogP contribution in [-0.4, -0.2) is 6.61 Å². The molecule has 3 aromatic carbocycles. The largest absolute Gasteiger partial charge is 0.349 e. The molecule has 5 rings (SSSR count). The third-order valence-corrected chi connectivity index (χ3v) is 7.61. The number of allylic oxidation sites excluding steroid dienone is 1. The summed E-state index contributed by atoms with van der Waals surface area (Å²) in [6.07, 6.45) is 5.03. The van der Waals surface area contributed by atoms with Gasteiger partial charge in [0.15, 0.2) is 0 Å². The average Bonchev–Trinajstić information content (AvgIpc) is 3.46. The lowest BCUT2D eigenvalue weighted by molar-refractivity contribution is 0.208. The third-order valence-electron chi connectivity index (χ3n) is 5.12. The van der Waals surface area contributed by atoms with Gasteiger partial charge in [-0.2, -0.15) is 0 Å². The van der Waals surface area contributed by atoms with Gasteiger partial charge in [0, 0.05) is 5.31 Å². The maximum Gasteiger partial charge on any atom is 0.202 e. The molecular weight excluding hydrogens is 373 g/mol. The number of nitrogens with one attached hydrogen (secondary N) is 1. The number of hydrogen-bond donors (Lipinski definition) is 1. The van der Waals surface area contributed by atoms with E-state index >= 15 is 0 Å². The lowest BCUT2D eigenvalue weighted by Crippen LogP contribution is -2.22. The molecular formula is C26H21NOP. The molecule has 0 unspecified atom stereocenters. The van der Waals surface area contributed by atoms with E-state index in [1.54, 1.807) is 0 Å². The lowest BCUT2D eigenvalue weighted by Gasteiger charge is -2.24. The maximum atomic E-state index is 6.11. The van der Waals surface area contributed by atoms with E-state index in [0.717, 1.165) is 11.8 Å². The summed E-state index contributed by atoms with van der Waals surface area (Å²) < 4.78 is 6.11. The Kier molecular flexibility index (Phi) is 5.26. The predicted octanol–water partition coefficient (Wildman–Crippen LogP) is 4.95. The van der Waals surface area contributed by atoms with E-state index in [2.05, 4.69) is 102 Å². The first kappa shape index (κ1) is 18.3. The van der Waals surface area contributed by atoms with Crippen LogP contribution in [0.1, 0.15) is 11.6 Å². The van der Waals surface area contributed by atoms with Crippen molar-refractivity contribution in [3.63, 3.8) is 0 Å². The second-order valence-corrected chi connectivity index (χ2v) is 9.18. The molecule has 1 radical (unpaired) electrons. The van der Waals surface area contributed by atoms with Gasteiger partial charge in [-0.25, -0.2) is 0 Å². The Morgan fingerprint density at radius 2 is 1.38 bits per heavy atom. The molecule has 3 aromatic rings. The summed E-state index contributed by atoms with van der Waals surface area (Å²) in [7, 11) is -0.686. The molecule has 2 nitrogen and oxygen atoms in total. The van der Waals surface area contributed by atoms with Crippen molar-refractivity contribution in [2.75, 3.05) is 6.61 Å². The zero-order valence-corrected chi connectivity index (χ0v) is 16.8. The first-order valence-electron chi connectivity index (χ1n) is 9.79. The second-order valence-electron chi connectivity index (χ2n) is 6.99. The third kappa shape index (κ3) is 3.77. The maximum absolute atomic E-state index is 6.11. The first-order valence-corrected chi connectivity index (χ1v) is 11.1. The molecule has 141 valence electrons. The molecule has 0 saturated carbocycles. The molecule has 0 aromatic heterocycles. The summed E-state index contributed by atoms with van der Waals surface area (Å²) in [4.78, 5) is 0. The summed E-state index contributed by atoms with van der Waals surface area (Å²) in [5, 5.41) is 7.51. The molecule has 1 aliphatic heterocycles. The van der Waals surface area contributed by atoms with Gasteiger partial charge in [-0.3, -0.25) is 5.32 Å². The van der Waals surface area contributed by atoms with E-state index in [1.165, 1.54) is 21.5 Å². The highest BCUT2D eigenvalue weighted by Crippen LogP contribution is 2.50. The molecule has 0 spiro atoms. The molecule has 29 heavy (non-hydrogen) atoms. The van der Waals surface area contributed by atoms with Crippen molar-refractivity contribution in [3.8, 4) is 0 Å². The van der Waals surface area contributed by atoms with E-state index < -0.39 is 7.92 Å². The van der Waals surface area contributed by atoms with Crippen LogP contribution in [0.4, 0.5) is 0 Å². The predicted molar refractivity (Wildman–Crippen MR) is 120 cm³/mol. The summed E-state index contributed by atoms with van der Waals surface area (Å²) in [6, 6.07) is 32.1. The number of ether oxygens (including phenoxy) is 1. The molecule has 2 aliphatic rings. The van der Waals surface area contributed by atoms with Gasteiger partial charge in [-0.05, 0) is 36.2 Å². The molecule has 1 heterocycles. The molecule has 3 heteroatoms. The van der Waals surface area contributed by atoms with Crippen LogP contribution in [0.15, 0.2) is 120 Å². The van der Waals surface area contributed by atoms with Crippen LogP contribution < -0.4 is 15.9 Å². The summed E-state index contributed by atoms with van der Waals surface area (Å²) >= 11 is 0. The fraction of sp³-hybridized carbons (Fsp3) is 0.0769. The standard InChI is InChI=1S/C26H21NOP/c1-4-11-20(12-5-1)24-19-28-26(27-24)23-17-10-18-25(23)29(21-13-6-2-7-14-21)22-15-8-3-9-16-22/h1-16,18,24,27H,19H2/t24-/m0/s1. The van der Waals surface area contributed by atoms with Gasteiger partial charge in [-0.15, -0.1) is 5.73 Å². The minimum Gasteiger partial charge on any atom is -0.349 e. The Labute approximate surface area is 173 Å². The zero-order valence-electron chi connectivity index (χ0n) is 16.0. The summed E-state index contributed by atoms with van der Waals surface area (Å²) in [5.41, 5.74) is 5.71. The normalized spacial score (nSPS) is 18.9. The van der Waals surface area contributed by atoms with Crippen LogP contribution in [0.3, 0.4) is 0 Å². The van der Waals surface area contributed by atoms with Crippen LogP contribution in [0, 0.1) is 6.23 Å². The first-order chi connectivity index (χ1) is 14.4. The van der Waals surface area contributed by atoms with Gasteiger partial charge in [0.2, 0.25) is 6.23 Å². The van der Waals surface area contributed by atoms with Crippen molar-refractivity contribution < 1.29 is 4.74 Å². The van der Waals surface area contributed by atoms with Crippen LogP contribution in [0.25, 0.3) is 0 Å². The molecule has 0 amide bonds. The number of hydrogen-bond acceptors (Lipinski definition) is 2. The molecule has 1 fully saturated rings. The van der Waals surface area contributed by atoms with E-state index in [1.807, 2.05) is 12.1 Å². The quantitative estimate of drug-likeness (QED) is 0.488. The molecule has 1 aliphatic carbocycles. The fourth-order valence-electron chi connectivity index (χ4n) is 3.73. The van der Waals surface area contributed by atoms with Crippen molar-refractivity contribution in [1.82, 2.24) is 5.32 Å². The summed E-state index contributed by atoms with van der Waals surface area (Å²) in [5.74, 6) is 0. The SMILES string of the molecule is C1=CC=C(P(c2ccccc2)c2ccccc2)C=1[C]1N[C@H](c2ccccc2)CO1. The Bertz CT molecular complexity index is 1030. The average molecular weight is 394 g/mol. The minimum atomic E-state index is -0.686. The van der Waals surface area contributed by atoms with Gasteiger partial charge in [-0.1, -0.05) is 91.0 Å². The smallest absolute Gasteiger partial charge is 0.202 e. The highest BCUT2D eigenvalue weighted by molar-refractivity contribution is 7.77. The number of benzene rings is 3. The van der Waals surface area contributed by atoms with Gasteiger partial charge in [0.05, 0.1) is 18.2 Å². The second kappa shape index (κ2) is 8.33. The molecule has 0 bridgehead atoms. The van der Waals surface area contributed by atoms with Gasteiger partial charge in [0.1, 0.15) is 0 Å². The fourth-order valence-corrected chi connectivity index (χ4v) is 6.14. The highest BCUT2D eigenvalue weighted by Gasteiger charge is 2.35. The van der Waals surface area contributed by atoms with Crippen LogP contribution in [0.5, 0.6) is 0 Å². The zero-order chi connectivity index (χ0) is 19.5. The van der Waals surface area contributed by atoms with Gasteiger partial charge >= 0.3 is 0 Å². The Morgan fingerprint density at radius 3 is 2.00 bits per heavy atom.